The summed E-state index contributed by atoms with van der Waals surface area (Å²) in [6.07, 6.45) is -0.445. The molecule has 0 radical (unpaired) electrons. The van der Waals surface area contributed by atoms with Crippen molar-refractivity contribution in [1.29, 1.82) is 0 Å². The fraction of sp³-hybridized carbons (Fsp3) is 0.417. The Morgan fingerprint density at radius 1 is 1.48 bits per heavy atom. The second kappa shape index (κ2) is 6.62. The highest BCUT2D eigenvalue weighted by Gasteiger charge is 2.31. The molecule has 0 aliphatic carbocycles. The molecule has 1 aliphatic rings. The molecule has 9 heteroatoms. The second-order valence-electron chi connectivity index (χ2n) is 4.59. The second-order valence-corrected chi connectivity index (χ2v) is 7.65. The first-order valence-corrected chi connectivity index (χ1v) is 8.78. The number of rotatable bonds is 5. The lowest BCUT2D eigenvalue weighted by Gasteiger charge is -2.13. The van der Waals surface area contributed by atoms with E-state index >= 15 is 0 Å². The molecule has 0 aromatic heterocycles. The van der Waals surface area contributed by atoms with Crippen LogP contribution in [0.25, 0.3) is 0 Å². The van der Waals surface area contributed by atoms with E-state index in [0.717, 1.165) is 0 Å². The van der Waals surface area contributed by atoms with Crippen LogP contribution in [0.2, 0.25) is 5.02 Å². The Hall–Kier alpha value is -0.670. The van der Waals surface area contributed by atoms with Crippen molar-refractivity contribution in [3.05, 3.63) is 27.7 Å². The van der Waals surface area contributed by atoms with Gasteiger partial charge in [-0.1, -0.05) is 27.5 Å². The third-order valence-corrected chi connectivity index (χ3v) is 5.47. The van der Waals surface area contributed by atoms with Crippen LogP contribution in [0.4, 0.5) is 0 Å². The number of benzene rings is 1. The average Bonchev–Trinajstić information content (AvgIpc) is 2.85. The Bertz CT molecular complexity index is 651. The molecule has 2 atom stereocenters. The van der Waals surface area contributed by atoms with Crippen LogP contribution in [0, 0.1) is 0 Å². The van der Waals surface area contributed by atoms with Crippen LogP contribution in [0.1, 0.15) is 12.8 Å². The molecule has 1 aromatic carbocycles. The first kappa shape index (κ1) is 16.7. The van der Waals surface area contributed by atoms with Gasteiger partial charge in [-0.05, 0) is 31.0 Å². The highest BCUT2D eigenvalue weighted by atomic mass is 79.9. The van der Waals surface area contributed by atoms with Gasteiger partial charge in [-0.2, -0.15) is 0 Å². The minimum Gasteiger partial charge on any atom is -0.479 e. The van der Waals surface area contributed by atoms with Gasteiger partial charge in [0.25, 0.3) is 0 Å². The molecule has 0 amide bonds. The van der Waals surface area contributed by atoms with Crippen LogP contribution >= 0.6 is 27.5 Å². The number of carboxylic acids is 1. The van der Waals surface area contributed by atoms with E-state index in [9.17, 15) is 13.2 Å². The average molecular weight is 399 g/mol. The summed E-state index contributed by atoms with van der Waals surface area (Å²) in [7, 11) is -3.76. The monoisotopic (exact) mass is 397 g/mol. The van der Waals surface area contributed by atoms with E-state index in [1.54, 1.807) is 6.07 Å². The van der Waals surface area contributed by atoms with Crippen molar-refractivity contribution >= 4 is 43.5 Å². The molecule has 6 nitrogen and oxygen atoms in total. The highest BCUT2D eigenvalue weighted by Crippen LogP contribution is 2.25. The van der Waals surface area contributed by atoms with Crippen molar-refractivity contribution < 1.29 is 23.1 Å². The van der Waals surface area contributed by atoms with E-state index < -0.39 is 28.2 Å². The molecule has 1 saturated heterocycles. The number of hydrogen-bond donors (Lipinski definition) is 2. The Morgan fingerprint density at radius 3 is 2.76 bits per heavy atom. The van der Waals surface area contributed by atoms with E-state index in [-0.39, 0.29) is 16.5 Å². The first-order chi connectivity index (χ1) is 9.79. The molecular weight excluding hydrogens is 386 g/mol. The Labute approximate surface area is 135 Å². The molecule has 1 aliphatic heterocycles. The molecule has 21 heavy (non-hydrogen) atoms. The summed E-state index contributed by atoms with van der Waals surface area (Å²) in [5, 5.41) is 8.92. The van der Waals surface area contributed by atoms with E-state index in [0.29, 0.717) is 17.3 Å². The van der Waals surface area contributed by atoms with Gasteiger partial charge in [0, 0.05) is 11.0 Å². The van der Waals surface area contributed by atoms with Gasteiger partial charge in [0.15, 0.2) is 6.10 Å². The topological polar surface area (TPSA) is 92.7 Å². The lowest BCUT2D eigenvalue weighted by molar-refractivity contribution is -0.149. The summed E-state index contributed by atoms with van der Waals surface area (Å²) >= 11 is 9.12. The number of aliphatic carboxylic acids is 1. The quantitative estimate of drug-likeness (QED) is 0.791. The van der Waals surface area contributed by atoms with Gasteiger partial charge >= 0.3 is 5.97 Å². The smallest absolute Gasteiger partial charge is 0.332 e. The number of ether oxygens (including phenoxy) is 1. The number of nitrogens with one attached hydrogen (secondary N) is 1. The molecule has 2 unspecified atom stereocenters. The van der Waals surface area contributed by atoms with Gasteiger partial charge in [0.2, 0.25) is 10.0 Å². The fourth-order valence-corrected chi connectivity index (χ4v) is 4.11. The first-order valence-electron chi connectivity index (χ1n) is 6.12. The minimum absolute atomic E-state index is 0.0124. The lowest BCUT2D eigenvalue weighted by atomic mass is 10.2. The third kappa shape index (κ3) is 4.17. The van der Waals surface area contributed by atoms with E-state index in [2.05, 4.69) is 20.7 Å². The van der Waals surface area contributed by atoms with E-state index in [1.807, 2.05) is 0 Å². The number of carbonyl (C=O) groups is 1. The Balaban J connectivity index is 2.01. The van der Waals surface area contributed by atoms with Gasteiger partial charge in [-0.25, -0.2) is 17.9 Å². The standard InChI is InChI=1S/C12H13BrClNO5S/c13-7-1-4-11(9(14)5-7)21(18,19)15-6-8-2-3-10(20-8)12(16)17/h1,4-5,8,10,15H,2-3,6H2,(H,16,17). The molecule has 0 saturated carbocycles. The summed E-state index contributed by atoms with van der Waals surface area (Å²) in [5.74, 6) is -1.03. The highest BCUT2D eigenvalue weighted by molar-refractivity contribution is 9.10. The summed E-state index contributed by atoms with van der Waals surface area (Å²) in [6, 6.07) is 4.46. The normalized spacial score (nSPS) is 22.4. The van der Waals surface area contributed by atoms with Crippen molar-refractivity contribution in [2.75, 3.05) is 6.54 Å². The van der Waals surface area contributed by atoms with E-state index in [4.69, 9.17) is 21.4 Å². The molecular formula is C12H13BrClNO5S. The predicted octanol–water partition coefficient (Wildman–Crippen LogP) is 2.01. The Morgan fingerprint density at radius 2 is 2.19 bits per heavy atom. The number of hydrogen-bond acceptors (Lipinski definition) is 4. The zero-order valence-corrected chi connectivity index (χ0v) is 13.9. The van der Waals surface area contributed by atoms with Gasteiger partial charge in [-0.3, -0.25) is 0 Å². The third-order valence-electron chi connectivity index (χ3n) is 3.07. The maximum atomic E-state index is 12.2. The number of halogens is 2. The van der Waals surface area contributed by atoms with Crippen molar-refractivity contribution in [2.45, 2.75) is 29.9 Å². The fourth-order valence-electron chi connectivity index (χ4n) is 2.01. The zero-order chi connectivity index (χ0) is 15.6. The van der Waals surface area contributed by atoms with Crippen molar-refractivity contribution in [3.63, 3.8) is 0 Å². The van der Waals surface area contributed by atoms with Crippen molar-refractivity contribution in [1.82, 2.24) is 4.72 Å². The summed E-state index contributed by atoms with van der Waals surface area (Å²) < 4.78 is 32.6. The van der Waals surface area contributed by atoms with Crippen LogP contribution < -0.4 is 4.72 Å². The van der Waals surface area contributed by atoms with Crippen LogP contribution in [-0.2, 0) is 19.6 Å². The lowest BCUT2D eigenvalue weighted by Crippen LogP contribution is -2.33. The van der Waals surface area contributed by atoms with Crippen LogP contribution in [-0.4, -0.2) is 38.2 Å². The minimum atomic E-state index is -3.76. The van der Waals surface area contributed by atoms with Crippen molar-refractivity contribution in [3.8, 4) is 0 Å². The van der Waals surface area contributed by atoms with Crippen molar-refractivity contribution in [2.24, 2.45) is 0 Å². The molecule has 0 bridgehead atoms. The zero-order valence-electron chi connectivity index (χ0n) is 10.8. The SMILES string of the molecule is O=C(O)C1CCC(CNS(=O)(=O)c2ccc(Br)cc2Cl)O1. The van der Waals surface area contributed by atoms with Crippen LogP contribution in [0.3, 0.4) is 0 Å². The number of sulfonamides is 1. The summed E-state index contributed by atoms with van der Waals surface area (Å²) in [5.41, 5.74) is 0. The molecule has 1 heterocycles. The summed E-state index contributed by atoms with van der Waals surface area (Å²) in [6.45, 7) is 0.0124. The van der Waals surface area contributed by atoms with Gasteiger partial charge in [0.05, 0.1) is 11.1 Å². The predicted molar refractivity (Wildman–Crippen MR) is 79.9 cm³/mol. The van der Waals surface area contributed by atoms with Crippen LogP contribution in [0.15, 0.2) is 27.6 Å². The van der Waals surface area contributed by atoms with Gasteiger partial charge in [-0.15, -0.1) is 0 Å². The number of carboxylic acid groups (broad SMARTS) is 1. The maximum Gasteiger partial charge on any atom is 0.332 e. The molecule has 2 rings (SSSR count). The maximum absolute atomic E-state index is 12.2. The van der Waals surface area contributed by atoms with Gasteiger partial charge < -0.3 is 9.84 Å². The molecule has 1 fully saturated rings. The molecule has 116 valence electrons. The largest absolute Gasteiger partial charge is 0.479 e. The van der Waals surface area contributed by atoms with E-state index in [1.165, 1.54) is 12.1 Å². The molecule has 1 aromatic rings. The summed E-state index contributed by atoms with van der Waals surface area (Å²) in [4.78, 5) is 10.7. The van der Waals surface area contributed by atoms with Crippen LogP contribution in [0.5, 0.6) is 0 Å². The van der Waals surface area contributed by atoms with Gasteiger partial charge in [0.1, 0.15) is 4.90 Å². The Kier molecular flexibility index (Phi) is 5.26. The molecule has 0 spiro atoms. The molecule has 2 N–H and O–H groups in total.